The lowest BCUT2D eigenvalue weighted by atomic mass is 10.1. The summed E-state index contributed by atoms with van der Waals surface area (Å²) in [5.74, 6) is 0.677. The van der Waals surface area contributed by atoms with Crippen molar-refractivity contribution in [1.82, 2.24) is 9.80 Å². The Labute approximate surface area is 113 Å². The van der Waals surface area contributed by atoms with E-state index >= 15 is 0 Å². The number of hydrogen-bond acceptors (Lipinski definition) is 3. The van der Waals surface area contributed by atoms with Gasteiger partial charge >= 0.3 is 0 Å². The zero-order valence-corrected chi connectivity index (χ0v) is 11.1. The van der Waals surface area contributed by atoms with E-state index in [9.17, 15) is 9.59 Å². The molecule has 2 amide bonds. The summed E-state index contributed by atoms with van der Waals surface area (Å²) in [6, 6.07) is 0.0201. The average Bonchev–Trinajstić information content (AvgIpc) is 3.19. The van der Waals surface area contributed by atoms with E-state index in [1.807, 2.05) is 22.0 Å². The van der Waals surface area contributed by atoms with Crippen molar-refractivity contribution in [1.29, 1.82) is 0 Å². The van der Waals surface area contributed by atoms with Gasteiger partial charge in [0.05, 0.1) is 5.92 Å². The van der Waals surface area contributed by atoms with Crippen LogP contribution >= 0.6 is 0 Å². The van der Waals surface area contributed by atoms with Gasteiger partial charge in [0.25, 0.3) is 0 Å². The first-order valence-corrected chi connectivity index (χ1v) is 7.16. The summed E-state index contributed by atoms with van der Waals surface area (Å²) in [6.07, 6.45) is 6.65. The van der Waals surface area contributed by atoms with Gasteiger partial charge in [-0.2, -0.15) is 0 Å². The number of nitrogens with two attached hydrogens (primary N) is 1. The van der Waals surface area contributed by atoms with Crippen molar-refractivity contribution in [3.05, 3.63) is 12.2 Å². The van der Waals surface area contributed by atoms with Crippen LogP contribution in [0.3, 0.4) is 0 Å². The summed E-state index contributed by atoms with van der Waals surface area (Å²) in [5, 5.41) is 0. The molecule has 5 heteroatoms. The van der Waals surface area contributed by atoms with Gasteiger partial charge in [0.2, 0.25) is 11.8 Å². The normalized spacial score (nSPS) is 30.8. The van der Waals surface area contributed by atoms with Crippen LogP contribution in [-0.2, 0) is 9.59 Å². The lowest BCUT2D eigenvalue weighted by molar-refractivity contribution is -0.141. The van der Waals surface area contributed by atoms with Crippen LogP contribution < -0.4 is 5.73 Å². The Balaban J connectivity index is 1.51. The Hall–Kier alpha value is -1.36. The van der Waals surface area contributed by atoms with Crippen LogP contribution in [0.25, 0.3) is 0 Å². The molecule has 3 rings (SSSR count). The predicted molar refractivity (Wildman–Crippen MR) is 71.1 cm³/mol. The number of rotatable bonds is 2. The number of piperazine rings is 1. The van der Waals surface area contributed by atoms with E-state index in [1.54, 1.807) is 0 Å². The molecule has 0 bridgehead atoms. The second-order valence-corrected chi connectivity index (χ2v) is 5.82. The topological polar surface area (TPSA) is 66.6 Å². The summed E-state index contributed by atoms with van der Waals surface area (Å²) in [4.78, 5) is 28.0. The lowest BCUT2D eigenvalue weighted by Crippen LogP contribution is -2.52. The summed E-state index contributed by atoms with van der Waals surface area (Å²) < 4.78 is 0. The summed E-state index contributed by atoms with van der Waals surface area (Å²) in [5.41, 5.74) is 5.78. The molecule has 1 saturated carbocycles. The van der Waals surface area contributed by atoms with Gasteiger partial charge in [0, 0.05) is 38.1 Å². The van der Waals surface area contributed by atoms with Crippen molar-refractivity contribution in [3.8, 4) is 0 Å². The van der Waals surface area contributed by atoms with Crippen LogP contribution in [0.2, 0.25) is 0 Å². The quantitative estimate of drug-likeness (QED) is 0.712. The second kappa shape index (κ2) is 4.96. The van der Waals surface area contributed by atoms with E-state index in [1.165, 1.54) is 0 Å². The molecule has 19 heavy (non-hydrogen) atoms. The molecule has 1 aliphatic heterocycles. The number of hydrogen-bond donors (Lipinski definition) is 1. The summed E-state index contributed by atoms with van der Waals surface area (Å²) >= 11 is 0. The molecule has 2 N–H and O–H groups in total. The van der Waals surface area contributed by atoms with Crippen LogP contribution in [0.4, 0.5) is 0 Å². The van der Waals surface area contributed by atoms with Crippen molar-refractivity contribution in [2.24, 2.45) is 17.6 Å². The third kappa shape index (κ3) is 2.66. The highest BCUT2D eigenvalue weighted by Crippen LogP contribution is 2.31. The molecule has 3 aliphatic rings. The number of nitrogens with zero attached hydrogens (tertiary/aromatic N) is 2. The molecule has 0 spiro atoms. The first-order chi connectivity index (χ1) is 9.15. The Morgan fingerprint density at radius 1 is 0.947 bits per heavy atom. The Morgan fingerprint density at radius 2 is 1.53 bits per heavy atom. The molecule has 5 nitrogen and oxygen atoms in total. The number of carbonyl (C=O) groups is 2. The third-order valence-electron chi connectivity index (χ3n) is 4.26. The van der Waals surface area contributed by atoms with Gasteiger partial charge in [-0.1, -0.05) is 12.2 Å². The fourth-order valence-corrected chi connectivity index (χ4v) is 2.88. The van der Waals surface area contributed by atoms with Gasteiger partial charge in [-0.3, -0.25) is 9.59 Å². The monoisotopic (exact) mass is 263 g/mol. The molecule has 0 aromatic heterocycles. The molecular weight excluding hydrogens is 242 g/mol. The van der Waals surface area contributed by atoms with Gasteiger partial charge in [0.15, 0.2) is 0 Å². The fourth-order valence-electron chi connectivity index (χ4n) is 2.88. The van der Waals surface area contributed by atoms with Crippen LogP contribution in [-0.4, -0.2) is 53.8 Å². The molecular formula is C14H21N3O2. The average molecular weight is 263 g/mol. The molecule has 1 heterocycles. The van der Waals surface area contributed by atoms with E-state index in [0.717, 1.165) is 19.3 Å². The van der Waals surface area contributed by atoms with Gasteiger partial charge in [-0.25, -0.2) is 0 Å². The van der Waals surface area contributed by atoms with E-state index < -0.39 is 0 Å². The van der Waals surface area contributed by atoms with E-state index in [2.05, 4.69) is 0 Å². The fraction of sp³-hybridized carbons (Fsp3) is 0.714. The minimum atomic E-state index is -0.0549. The van der Waals surface area contributed by atoms with Gasteiger partial charge < -0.3 is 15.5 Å². The molecule has 104 valence electrons. The van der Waals surface area contributed by atoms with Crippen molar-refractivity contribution in [3.63, 3.8) is 0 Å². The zero-order chi connectivity index (χ0) is 13.4. The molecule has 1 saturated heterocycles. The SMILES string of the molecule is NC1C=CC(C(=O)N2CCN(C(=O)C3CC3)CC2)C1. The van der Waals surface area contributed by atoms with Gasteiger partial charge in [-0.15, -0.1) is 0 Å². The molecule has 0 radical (unpaired) electrons. The Kier molecular flexibility index (Phi) is 3.31. The maximum Gasteiger partial charge on any atom is 0.229 e. The number of carbonyl (C=O) groups excluding carboxylic acids is 2. The molecule has 2 atom stereocenters. The van der Waals surface area contributed by atoms with Gasteiger partial charge in [-0.05, 0) is 19.3 Å². The van der Waals surface area contributed by atoms with E-state index in [4.69, 9.17) is 5.73 Å². The largest absolute Gasteiger partial charge is 0.339 e. The van der Waals surface area contributed by atoms with Crippen LogP contribution in [0.1, 0.15) is 19.3 Å². The maximum absolute atomic E-state index is 12.3. The molecule has 2 fully saturated rings. The van der Waals surface area contributed by atoms with Crippen molar-refractivity contribution in [2.45, 2.75) is 25.3 Å². The maximum atomic E-state index is 12.3. The molecule has 2 aliphatic carbocycles. The molecule has 0 aromatic carbocycles. The molecule has 0 aromatic rings. The van der Waals surface area contributed by atoms with Crippen molar-refractivity contribution in [2.75, 3.05) is 26.2 Å². The van der Waals surface area contributed by atoms with Crippen LogP contribution in [0.5, 0.6) is 0 Å². The second-order valence-electron chi connectivity index (χ2n) is 5.82. The summed E-state index contributed by atoms with van der Waals surface area (Å²) in [6.45, 7) is 2.70. The Bertz CT molecular complexity index is 409. The minimum absolute atomic E-state index is 0.0201. The minimum Gasteiger partial charge on any atom is -0.339 e. The van der Waals surface area contributed by atoms with Crippen molar-refractivity contribution < 1.29 is 9.59 Å². The highest BCUT2D eigenvalue weighted by Gasteiger charge is 2.36. The first kappa shape index (κ1) is 12.7. The van der Waals surface area contributed by atoms with Crippen molar-refractivity contribution >= 4 is 11.8 Å². The predicted octanol–water partition coefficient (Wildman–Crippen LogP) is -0.0294. The zero-order valence-electron chi connectivity index (χ0n) is 11.1. The highest BCUT2D eigenvalue weighted by molar-refractivity contribution is 5.83. The van der Waals surface area contributed by atoms with E-state index in [-0.39, 0.29) is 29.7 Å². The Morgan fingerprint density at radius 3 is 2.00 bits per heavy atom. The standard InChI is InChI=1S/C14H21N3O2/c15-12-4-3-11(9-12)14(19)17-7-5-16(6-8-17)13(18)10-1-2-10/h3-4,10-12H,1-2,5-9,15H2. The molecule has 2 unspecified atom stereocenters. The van der Waals surface area contributed by atoms with Gasteiger partial charge in [0.1, 0.15) is 0 Å². The smallest absolute Gasteiger partial charge is 0.229 e. The summed E-state index contributed by atoms with van der Waals surface area (Å²) in [7, 11) is 0. The van der Waals surface area contributed by atoms with Crippen LogP contribution in [0.15, 0.2) is 12.2 Å². The van der Waals surface area contributed by atoms with Crippen LogP contribution in [0, 0.1) is 11.8 Å². The third-order valence-corrected chi connectivity index (χ3v) is 4.26. The first-order valence-electron chi connectivity index (χ1n) is 7.16. The van der Waals surface area contributed by atoms with E-state index in [0.29, 0.717) is 26.2 Å². The number of amides is 2. The lowest BCUT2D eigenvalue weighted by Gasteiger charge is -2.36. The highest BCUT2D eigenvalue weighted by atomic mass is 16.2.